The van der Waals surface area contributed by atoms with E-state index in [4.69, 9.17) is 5.73 Å². The maximum atomic E-state index is 13.8. The molecule has 0 aromatic heterocycles. The fourth-order valence-corrected chi connectivity index (χ4v) is 2.80. The number of benzene rings is 1. The van der Waals surface area contributed by atoms with Gasteiger partial charge in [0.1, 0.15) is 5.82 Å². The van der Waals surface area contributed by atoms with Crippen LogP contribution in [0.2, 0.25) is 0 Å². The molecule has 3 nitrogen and oxygen atoms in total. The van der Waals surface area contributed by atoms with Gasteiger partial charge in [-0.2, -0.15) is 0 Å². The summed E-state index contributed by atoms with van der Waals surface area (Å²) < 4.78 is 13.8. The van der Waals surface area contributed by atoms with Crippen LogP contribution in [0, 0.1) is 12.7 Å². The van der Waals surface area contributed by atoms with Crippen molar-refractivity contribution in [2.45, 2.75) is 39.8 Å². The number of rotatable bonds is 3. The van der Waals surface area contributed by atoms with Gasteiger partial charge >= 0.3 is 0 Å². The normalized spacial score (nSPS) is 18.6. The minimum Gasteiger partial charge on any atom is -0.369 e. The van der Waals surface area contributed by atoms with Gasteiger partial charge in [-0.15, -0.1) is 0 Å². The van der Waals surface area contributed by atoms with E-state index in [0.29, 0.717) is 11.6 Å². The molecular weight excluding hydrogens is 253 g/mol. The highest BCUT2D eigenvalue weighted by Crippen LogP contribution is 2.29. The predicted octanol–water partition coefficient (Wildman–Crippen LogP) is 2.68. The molecule has 1 aromatic carbocycles. The summed E-state index contributed by atoms with van der Waals surface area (Å²) in [6.07, 6.45) is 0. The van der Waals surface area contributed by atoms with Gasteiger partial charge in [0.25, 0.3) is 0 Å². The van der Waals surface area contributed by atoms with E-state index >= 15 is 0 Å². The maximum absolute atomic E-state index is 13.8. The molecule has 1 aliphatic heterocycles. The van der Waals surface area contributed by atoms with Crippen LogP contribution in [0.25, 0.3) is 0 Å². The van der Waals surface area contributed by atoms with Gasteiger partial charge in [0.05, 0.1) is 0 Å². The van der Waals surface area contributed by atoms with Crippen LogP contribution in [0.4, 0.5) is 10.1 Å². The minimum atomic E-state index is -0.165. The average molecular weight is 279 g/mol. The largest absolute Gasteiger partial charge is 0.369 e. The Labute approximate surface area is 121 Å². The molecule has 0 amide bonds. The van der Waals surface area contributed by atoms with Gasteiger partial charge in [-0.25, -0.2) is 4.39 Å². The fraction of sp³-hybridized carbons (Fsp3) is 0.625. The molecule has 0 saturated carbocycles. The van der Waals surface area contributed by atoms with Gasteiger partial charge in [-0.3, -0.25) is 4.90 Å². The second-order valence-electron chi connectivity index (χ2n) is 6.07. The Bertz CT molecular complexity index is 463. The van der Waals surface area contributed by atoms with Gasteiger partial charge in [0.15, 0.2) is 0 Å². The summed E-state index contributed by atoms with van der Waals surface area (Å²) in [6, 6.07) is 3.98. The molecule has 2 rings (SSSR count). The summed E-state index contributed by atoms with van der Waals surface area (Å²) in [5, 5.41) is 0. The van der Waals surface area contributed by atoms with Crippen molar-refractivity contribution in [2.24, 2.45) is 5.73 Å². The van der Waals surface area contributed by atoms with Crippen LogP contribution < -0.4 is 10.6 Å². The lowest BCUT2D eigenvalue weighted by molar-refractivity contribution is 0.209. The monoisotopic (exact) mass is 279 g/mol. The lowest BCUT2D eigenvalue weighted by Gasteiger charge is -2.39. The summed E-state index contributed by atoms with van der Waals surface area (Å²) in [7, 11) is 0. The van der Waals surface area contributed by atoms with Crippen molar-refractivity contribution < 1.29 is 4.39 Å². The molecule has 4 heteroatoms. The topological polar surface area (TPSA) is 32.5 Å². The molecule has 1 saturated heterocycles. The van der Waals surface area contributed by atoms with E-state index in [1.54, 1.807) is 6.07 Å². The van der Waals surface area contributed by atoms with Crippen LogP contribution >= 0.6 is 0 Å². The second-order valence-corrected chi connectivity index (χ2v) is 6.07. The third-order valence-corrected chi connectivity index (χ3v) is 4.18. The maximum Gasteiger partial charge on any atom is 0.126 e. The molecule has 1 unspecified atom stereocenters. The van der Waals surface area contributed by atoms with Crippen LogP contribution in [-0.2, 0) is 0 Å². The van der Waals surface area contributed by atoms with Crippen LogP contribution in [0.5, 0.6) is 0 Å². The smallest absolute Gasteiger partial charge is 0.126 e. The third-order valence-electron chi connectivity index (χ3n) is 4.18. The summed E-state index contributed by atoms with van der Waals surface area (Å²) in [4.78, 5) is 4.81. The van der Waals surface area contributed by atoms with Crippen molar-refractivity contribution in [1.29, 1.82) is 0 Å². The van der Waals surface area contributed by atoms with Crippen molar-refractivity contribution in [3.8, 4) is 0 Å². The zero-order valence-corrected chi connectivity index (χ0v) is 13.0. The molecule has 1 aromatic rings. The number of hydrogen-bond donors (Lipinski definition) is 1. The van der Waals surface area contributed by atoms with Crippen LogP contribution in [0.15, 0.2) is 12.1 Å². The lowest BCUT2D eigenvalue weighted by Crippen LogP contribution is -2.49. The minimum absolute atomic E-state index is 0.150. The second kappa shape index (κ2) is 6.10. The summed E-state index contributed by atoms with van der Waals surface area (Å²) >= 11 is 0. The highest BCUT2D eigenvalue weighted by atomic mass is 19.1. The van der Waals surface area contributed by atoms with E-state index in [0.717, 1.165) is 37.4 Å². The Hall–Kier alpha value is -1.13. The van der Waals surface area contributed by atoms with Crippen LogP contribution in [0.3, 0.4) is 0 Å². The van der Waals surface area contributed by atoms with E-state index in [1.165, 1.54) is 0 Å². The Balaban J connectivity index is 2.23. The van der Waals surface area contributed by atoms with Gasteiger partial charge < -0.3 is 10.6 Å². The molecule has 1 atom stereocenters. The quantitative estimate of drug-likeness (QED) is 0.923. The molecule has 2 N–H and O–H groups in total. The molecule has 20 heavy (non-hydrogen) atoms. The SMILES string of the molecule is Cc1cc(N2CCN(C(C)C)CC2)c(C(C)N)cc1F. The van der Waals surface area contributed by atoms with Crippen molar-refractivity contribution in [1.82, 2.24) is 4.90 Å². The van der Waals surface area contributed by atoms with E-state index in [-0.39, 0.29) is 11.9 Å². The van der Waals surface area contributed by atoms with E-state index in [9.17, 15) is 4.39 Å². The Morgan fingerprint density at radius 1 is 1.10 bits per heavy atom. The first kappa shape index (κ1) is 15.3. The van der Waals surface area contributed by atoms with Gasteiger partial charge in [-0.05, 0) is 51.0 Å². The highest BCUT2D eigenvalue weighted by Gasteiger charge is 2.22. The number of aryl methyl sites for hydroxylation is 1. The van der Waals surface area contributed by atoms with E-state index < -0.39 is 0 Å². The Morgan fingerprint density at radius 2 is 1.70 bits per heavy atom. The zero-order valence-electron chi connectivity index (χ0n) is 13.0. The molecule has 1 aliphatic rings. The average Bonchev–Trinajstić information content (AvgIpc) is 2.41. The predicted molar refractivity (Wildman–Crippen MR) is 82.7 cm³/mol. The van der Waals surface area contributed by atoms with Gasteiger partial charge in [0.2, 0.25) is 0 Å². The molecule has 0 aliphatic carbocycles. The lowest BCUT2D eigenvalue weighted by atomic mass is 10.0. The molecular formula is C16H26FN3. The van der Waals surface area contributed by atoms with E-state index in [2.05, 4.69) is 23.6 Å². The number of halogens is 1. The fourth-order valence-electron chi connectivity index (χ4n) is 2.80. The Morgan fingerprint density at radius 3 is 2.20 bits per heavy atom. The van der Waals surface area contributed by atoms with Crippen LogP contribution in [0.1, 0.15) is 37.9 Å². The number of piperazine rings is 1. The number of nitrogens with two attached hydrogens (primary N) is 1. The first-order valence-electron chi connectivity index (χ1n) is 7.44. The van der Waals surface area contributed by atoms with Crippen molar-refractivity contribution in [2.75, 3.05) is 31.1 Å². The Kier molecular flexibility index (Phi) is 4.66. The summed E-state index contributed by atoms with van der Waals surface area (Å²) in [6.45, 7) is 12.2. The summed E-state index contributed by atoms with van der Waals surface area (Å²) in [5.74, 6) is -0.165. The highest BCUT2D eigenvalue weighted by molar-refractivity contribution is 5.57. The molecule has 1 fully saturated rings. The molecule has 112 valence electrons. The first-order valence-corrected chi connectivity index (χ1v) is 7.44. The molecule has 1 heterocycles. The molecule has 0 bridgehead atoms. The number of anilines is 1. The first-order chi connectivity index (χ1) is 9.40. The molecule has 0 radical (unpaired) electrons. The summed E-state index contributed by atoms with van der Waals surface area (Å²) in [5.41, 5.74) is 8.71. The van der Waals surface area contributed by atoms with Crippen molar-refractivity contribution in [3.05, 3.63) is 29.1 Å². The van der Waals surface area contributed by atoms with Crippen LogP contribution in [-0.4, -0.2) is 37.1 Å². The number of hydrogen-bond acceptors (Lipinski definition) is 3. The third kappa shape index (κ3) is 3.13. The molecule has 0 spiro atoms. The number of nitrogens with zero attached hydrogens (tertiary/aromatic N) is 2. The van der Waals surface area contributed by atoms with Gasteiger partial charge in [-0.1, -0.05) is 0 Å². The van der Waals surface area contributed by atoms with E-state index in [1.807, 2.05) is 19.9 Å². The van der Waals surface area contributed by atoms with Crippen molar-refractivity contribution in [3.63, 3.8) is 0 Å². The van der Waals surface area contributed by atoms with Gasteiger partial charge in [0, 0.05) is 44.0 Å². The standard InChI is InChI=1S/C16H26FN3/c1-11(2)19-5-7-20(8-6-19)16-9-12(3)15(17)10-14(16)13(4)18/h9-11,13H,5-8,18H2,1-4H3. The zero-order chi connectivity index (χ0) is 14.9. The van der Waals surface area contributed by atoms with Crippen molar-refractivity contribution >= 4 is 5.69 Å².